The lowest BCUT2D eigenvalue weighted by Gasteiger charge is -2.23. The molecule has 0 aromatic heterocycles. The topological polar surface area (TPSA) is 76.1 Å². The molecule has 0 bridgehead atoms. The molecule has 0 spiro atoms. The van der Waals surface area contributed by atoms with Crippen LogP contribution in [0.25, 0.3) is 6.08 Å². The third kappa shape index (κ3) is 4.81. The third-order valence-electron chi connectivity index (χ3n) is 4.51. The van der Waals surface area contributed by atoms with Crippen LogP contribution in [0.15, 0.2) is 23.1 Å². The van der Waals surface area contributed by atoms with E-state index in [2.05, 4.69) is 0 Å². The largest absolute Gasteiger partial charge is 0.504 e. The Morgan fingerprint density at radius 3 is 2.81 bits per heavy atom. The molecule has 1 aliphatic carbocycles. The number of carbonyl (C=O) groups is 2. The predicted molar refractivity (Wildman–Crippen MR) is 108 cm³/mol. The standard InChI is InChI=1S/C19H21NO5S2/c1-24-15-9-12(7-8-14(15)21)10-16-18(23)20(19(26)27-16)11-17(22)25-13-5-3-2-4-6-13/h7-10,13,21H,2-6,11H2,1H3/b16-10-. The van der Waals surface area contributed by atoms with E-state index in [-0.39, 0.29) is 24.3 Å². The lowest BCUT2D eigenvalue weighted by molar-refractivity contribution is -0.152. The molecule has 3 rings (SSSR count). The van der Waals surface area contributed by atoms with Gasteiger partial charge in [-0.05, 0) is 49.5 Å². The van der Waals surface area contributed by atoms with Crippen LogP contribution in [-0.4, -0.2) is 46.0 Å². The van der Waals surface area contributed by atoms with E-state index < -0.39 is 5.97 Å². The van der Waals surface area contributed by atoms with Gasteiger partial charge in [0.2, 0.25) is 0 Å². The molecule has 1 saturated carbocycles. The molecule has 0 unspecified atom stereocenters. The molecule has 2 aliphatic rings. The van der Waals surface area contributed by atoms with Gasteiger partial charge in [0.1, 0.15) is 17.0 Å². The van der Waals surface area contributed by atoms with E-state index in [1.165, 1.54) is 24.5 Å². The lowest BCUT2D eigenvalue weighted by atomic mass is 9.98. The van der Waals surface area contributed by atoms with Crippen molar-refractivity contribution in [3.8, 4) is 11.5 Å². The van der Waals surface area contributed by atoms with Crippen molar-refractivity contribution in [3.63, 3.8) is 0 Å². The molecule has 1 amide bonds. The van der Waals surface area contributed by atoms with Gasteiger partial charge in [0.05, 0.1) is 12.0 Å². The van der Waals surface area contributed by atoms with Gasteiger partial charge < -0.3 is 14.6 Å². The number of thiocarbonyl (C=S) groups is 1. The number of aromatic hydroxyl groups is 1. The maximum absolute atomic E-state index is 12.6. The summed E-state index contributed by atoms with van der Waals surface area (Å²) in [5, 5.41) is 9.67. The Balaban J connectivity index is 1.66. The van der Waals surface area contributed by atoms with Gasteiger partial charge >= 0.3 is 5.97 Å². The normalized spacial score (nSPS) is 19.6. The molecule has 1 aromatic rings. The first kappa shape index (κ1) is 19.7. The smallest absolute Gasteiger partial charge is 0.326 e. The molecule has 1 N–H and O–H groups in total. The van der Waals surface area contributed by atoms with Gasteiger partial charge in [-0.15, -0.1) is 0 Å². The van der Waals surface area contributed by atoms with Gasteiger partial charge in [-0.1, -0.05) is 36.5 Å². The maximum atomic E-state index is 12.6. The molecule has 8 heteroatoms. The number of nitrogens with zero attached hydrogens (tertiary/aromatic N) is 1. The van der Waals surface area contributed by atoms with Crippen molar-refractivity contribution in [2.45, 2.75) is 38.2 Å². The average Bonchev–Trinajstić information content (AvgIpc) is 2.91. The van der Waals surface area contributed by atoms with Crippen molar-refractivity contribution >= 4 is 46.3 Å². The van der Waals surface area contributed by atoms with Gasteiger partial charge in [0.25, 0.3) is 5.91 Å². The number of amides is 1. The first-order valence-corrected chi connectivity index (χ1v) is 10.0. The second kappa shape index (κ2) is 8.75. The van der Waals surface area contributed by atoms with Crippen LogP contribution in [0.3, 0.4) is 0 Å². The van der Waals surface area contributed by atoms with Gasteiger partial charge in [-0.2, -0.15) is 0 Å². The summed E-state index contributed by atoms with van der Waals surface area (Å²) in [5.74, 6) is -0.411. The molecule has 2 fully saturated rings. The molecule has 1 heterocycles. The number of hydrogen-bond donors (Lipinski definition) is 1. The third-order valence-corrected chi connectivity index (χ3v) is 5.89. The van der Waals surface area contributed by atoms with Crippen LogP contribution < -0.4 is 4.74 Å². The number of rotatable bonds is 5. The fraction of sp³-hybridized carbons (Fsp3) is 0.421. The highest BCUT2D eigenvalue weighted by Crippen LogP contribution is 2.34. The highest BCUT2D eigenvalue weighted by molar-refractivity contribution is 8.26. The van der Waals surface area contributed by atoms with Gasteiger partial charge in [0.15, 0.2) is 11.5 Å². The van der Waals surface area contributed by atoms with Gasteiger partial charge in [-0.25, -0.2) is 0 Å². The second-order valence-electron chi connectivity index (χ2n) is 6.45. The van der Waals surface area contributed by atoms with Crippen molar-refractivity contribution in [2.24, 2.45) is 0 Å². The van der Waals surface area contributed by atoms with Crippen molar-refractivity contribution < 1.29 is 24.2 Å². The molecule has 1 aliphatic heterocycles. The molecule has 6 nitrogen and oxygen atoms in total. The Hall–Kier alpha value is -2.06. The van der Waals surface area contributed by atoms with E-state index in [0.29, 0.717) is 20.5 Å². The monoisotopic (exact) mass is 407 g/mol. The predicted octanol–water partition coefficient (Wildman–Crippen LogP) is 3.48. The number of carbonyl (C=O) groups excluding carboxylic acids is 2. The minimum absolute atomic E-state index is 0.0210. The number of benzene rings is 1. The highest BCUT2D eigenvalue weighted by Gasteiger charge is 2.34. The van der Waals surface area contributed by atoms with Crippen molar-refractivity contribution in [2.75, 3.05) is 13.7 Å². The van der Waals surface area contributed by atoms with Crippen LogP contribution >= 0.6 is 24.0 Å². The molecule has 1 aromatic carbocycles. The molecule has 27 heavy (non-hydrogen) atoms. The Kier molecular flexibility index (Phi) is 6.38. The Bertz CT molecular complexity index is 786. The highest BCUT2D eigenvalue weighted by atomic mass is 32.2. The van der Waals surface area contributed by atoms with E-state index >= 15 is 0 Å². The molecular formula is C19H21NO5S2. The fourth-order valence-corrected chi connectivity index (χ4v) is 4.36. The molecule has 0 radical (unpaired) electrons. The van der Waals surface area contributed by atoms with E-state index in [9.17, 15) is 14.7 Å². The van der Waals surface area contributed by atoms with Crippen LogP contribution in [0.2, 0.25) is 0 Å². The Morgan fingerprint density at radius 2 is 2.11 bits per heavy atom. The number of ether oxygens (including phenoxy) is 2. The minimum Gasteiger partial charge on any atom is -0.504 e. The molecule has 144 valence electrons. The summed E-state index contributed by atoms with van der Waals surface area (Å²) in [4.78, 5) is 26.5. The average molecular weight is 408 g/mol. The number of esters is 1. The minimum atomic E-state index is -0.425. The zero-order valence-corrected chi connectivity index (χ0v) is 16.6. The summed E-state index contributed by atoms with van der Waals surface area (Å²) >= 11 is 6.40. The first-order valence-electron chi connectivity index (χ1n) is 8.80. The van der Waals surface area contributed by atoms with Crippen LogP contribution in [0.5, 0.6) is 11.5 Å². The molecular weight excluding hydrogens is 386 g/mol. The zero-order chi connectivity index (χ0) is 19.4. The van der Waals surface area contributed by atoms with Crippen LogP contribution in [0, 0.1) is 0 Å². The van der Waals surface area contributed by atoms with Crippen molar-refractivity contribution in [3.05, 3.63) is 28.7 Å². The summed E-state index contributed by atoms with van der Waals surface area (Å²) in [6.07, 6.45) is 6.68. The van der Waals surface area contributed by atoms with Gasteiger partial charge in [-0.3, -0.25) is 14.5 Å². The number of hydrogen-bond acceptors (Lipinski definition) is 7. The number of methoxy groups -OCH3 is 1. The van der Waals surface area contributed by atoms with E-state index in [1.807, 2.05) is 0 Å². The molecule has 0 atom stereocenters. The van der Waals surface area contributed by atoms with E-state index in [4.69, 9.17) is 21.7 Å². The quantitative estimate of drug-likeness (QED) is 0.455. The summed E-state index contributed by atoms with van der Waals surface area (Å²) in [6, 6.07) is 4.79. The SMILES string of the molecule is COc1cc(/C=C2\SC(=S)N(CC(=O)OC3CCCCC3)C2=O)ccc1O. The number of phenols is 1. The summed E-state index contributed by atoms with van der Waals surface area (Å²) in [5.41, 5.74) is 0.690. The van der Waals surface area contributed by atoms with Crippen LogP contribution in [0.4, 0.5) is 0 Å². The number of phenolic OH excluding ortho intramolecular Hbond substituents is 1. The van der Waals surface area contributed by atoms with Crippen LogP contribution in [-0.2, 0) is 14.3 Å². The van der Waals surface area contributed by atoms with E-state index in [1.54, 1.807) is 18.2 Å². The van der Waals surface area contributed by atoms with Gasteiger partial charge in [0, 0.05) is 0 Å². The second-order valence-corrected chi connectivity index (χ2v) is 8.12. The summed E-state index contributed by atoms with van der Waals surface area (Å²) in [6.45, 7) is -0.169. The number of thioether (sulfide) groups is 1. The van der Waals surface area contributed by atoms with Crippen LogP contribution in [0.1, 0.15) is 37.7 Å². The maximum Gasteiger partial charge on any atom is 0.326 e. The van der Waals surface area contributed by atoms with Crippen molar-refractivity contribution in [1.82, 2.24) is 4.90 Å². The lowest BCUT2D eigenvalue weighted by Crippen LogP contribution is -2.36. The molecule has 1 saturated heterocycles. The summed E-state index contributed by atoms with van der Waals surface area (Å²) < 4.78 is 10.9. The first-order chi connectivity index (χ1) is 13.0. The van der Waals surface area contributed by atoms with Crippen molar-refractivity contribution in [1.29, 1.82) is 0 Å². The fourth-order valence-electron chi connectivity index (χ4n) is 3.11. The zero-order valence-electron chi connectivity index (χ0n) is 15.0. The Morgan fingerprint density at radius 1 is 1.37 bits per heavy atom. The Labute approximate surface area is 167 Å². The van der Waals surface area contributed by atoms with E-state index in [0.717, 1.165) is 37.4 Å². The summed E-state index contributed by atoms with van der Waals surface area (Å²) in [7, 11) is 1.45.